The Morgan fingerprint density at radius 1 is 0.971 bits per heavy atom. The van der Waals surface area contributed by atoms with E-state index in [1.807, 2.05) is 0 Å². The maximum absolute atomic E-state index is 12.7. The molecule has 10 nitrogen and oxygen atoms in total. The summed E-state index contributed by atoms with van der Waals surface area (Å²) in [6.45, 7) is 1.21. The molecule has 0 bridgehead atoms. The number of hydrazone groups is 1. The monoisotopic (exact) mass is 522 g/mol. The Balaban J connectivity index is 1.74. The molecule has 0 radical (unpaired) electrons. The van der Waals surface area contributed by atoms with Gasteiger partial charge in [-0.05, 0) is 48.2 Å². The summed E-state index contributed by atoms with van der Waals surface area (Å²) in [5.41, 5.74) is 3.53. The van der Waals surface area contributed by atoms with Crippen molar-refractivity contribution in [3.63, 3.8) is 0 Å². The van der Waals surface area contributed by atoms with Gasteiger partial charge < -0.3 is 5.11 Å². The molecule has 0 saturated heterocycles. The molecule has 0 unspecified atom stereocenters. The molecule has 0 aliphatic carbocycles. The summed E-state index contributed by atoms with van der Waals surface area (Å²) < 4.78 is 54.0. The van der Waals surface area contributed by atoms with Crippen molar-refractivity contribution >= 4 is 48.7 Å². The summed E-state index contributed by atoms with van der Waals surface area (Å²) in [5.74, 6) is -0.628. The van der Waals surface area contributed by atoms with E-state index in [1.165, 1.54) is 42.5 Å². The standard InChI is InChI=1S/C21H22N4O6S3/c1-15(16-8-10-17(11-9-16)33(28,29)22-12-13-26)23-24-21(27)18-5-2-3-6-19(18)25-34(30,31)20-7-4-14-32-20/h2-11,14,22,25-26H,12-13H2,1H3,(H,24,27)/b23-15-. The van der Waals surface area contributed by atoms with Crippen molar-refractivity contribution in [2.24, 2.45) is 5.10 Å². The summed E-state index contributed by atoms with van der Waals surface area (Å²) in [7, 11) is -7.58. The van der Waals surface area contributed by atoms with Gasteiger partial charge in [-0.15, -0.1) is 11.3 Å². The number of carbonyl (C=O) groups is 1. The Morgan fingerprint density at radius 2 is 1.68 bits per heavy atom. The van der Waals surface area contributed by atoms with Gasteiger partial charge >= 0.3 is 0 Å². The molecule has 1 heterocycles. The fourth-order valence-corrected chi connectivity index (χ4v) is 5.87. The first-order chi connectivity index (χ1) is 16.1. The van der Waals surface area contributed by atoms with Crippen LogP contribution in [0.5, 0.6) is 0 Å². The SMILES string of the molecule is C/C(=N/NC(=O)c1ccccc1NS(=O)(=O)c1cccs1)c1ccc(S(=O)(=O)NCCO)cc1. The molecular weight excluding hydrogens is 500 g/mol. The van der Waals surface area contributed by atoms with Gasteiger partial charge in [0.25, 0.3) is 15.9 Å². The molecule has 0 fully saturated rings. The number of hydrogen-bond acceptors (Lipinski definition) is 8. The van der Waals surface area contributed by atoms with Gasteiger partial charge in [-0.2, -0.15) is 5.10 Å². The van der Waals surface area contributed by atoms with Gasteiger partial charge in [0.05, 0.1) is 28.5 Å². The van der Waals surface area contributed by atoms with Gasteiger partial charge in [-0.1, -0.05) is 30.3 Å². The maximum Gasteiger partial charge on any atom is 0.273 e. The average molecular weight is 523 g/mol. The van der Waals surface area contributed by atoms with Crippen LogP contribution in [0.4, 0.5) is 5.69 Å². The third-order valence-corrected chi connectivity index (χ3v) is 8.73. The average Bonchev–Trinajstić information content (AvgIpc) is 3.37. The molecule has 1 aromatic heterocycles. The number of nitrogens with zero attached hydrogens (tertiary/aromatic N) is 1. The minimum Gasteiger partial charge on any atom is -0.395 e. The van der Waals surface area contributed by atoms with Crippen molar-refractivity contribution in [1.82, 2.24) is 10.1 Å². The van der Waals surface area contributed by atoms with Crippen molar-refractivity contribution in [2.75, 3.05) is 17.9 Å². The summed E-state index contributed by atoms with van der Waals surface area (Å²) >= 11 is 1.06. The normalized spacial score (nSPS) is 12.4. The molecule has 2 aromatic carbocycles. The summed E-state index contributed by atoms with van der Waals surface area (Å²) in [6, 6.07) is 15.0. The molecule has 13 heteroatoms. The van der Waals surface area contributed by atoms with Crippen LogP contribution in [0.3, 0.4) is 0 Å². The van der Waals surface area contributed by atoms with E-state index < -0.39 is 26.0 Å². The van der Waals surface area contributed by atoms with E-state index in [0.29, 0.717) is 11.3 Å². The number of hydrogen-bond donors (Lipinski definition) is 4. The highest BCUT2D eigenvalue weighted by molar-refractivity contribution is 7.94. The highest BCUT2D eigenvalue weighted by Gasteiger charge is 2.19. The number of benzene rings is 2. The third-order valence-electron chi connectivity index (χ3n) is 4.49. The van der Waals surface area contributed by atoms with E-state index in [9.17, 15) is 21.6 Å². The van der Waals surface area contributed by atoms with Crippen molar-refractivity contribution in [1.29, 1.82) is 0 Å². The first kappa shape index (κ1) is 25.5. The molecule has 34 heavy (non-hydrogen) atoms. The Morgan fingerprint density at radius 3 is 2.32 bits per heavy atom. The fourth-order valence-electron chi connectivity index (χ4n) is 2.78. The first-order valence-electron chi connectivity index (χ1n) is 9.85. The molecule has 4 N–H and O–H groups in total. The van der Waals surface area contributed by atoms with Crippen LogP contribution < -0.4 is 14.9 Å². The van der Waals surface area contributed by atoms with Gasteiger partial charge in [0.15, 0.2) is 0 Å². The number of aliphatic hydroxyl groups excluding tert-OH is 1. The second kappa shape index (κ2) is 10.9. The van der Waals surface area contributed by atoms with Crippen molar-refractivity contribution in [2.45, 2.75) is 16.0 Å². The smallest absolute Gasteiger partial charge is 0.273 e. The largest absolute Gasteiger partial charge is 0.395 e. The van der Waals surface area contributed by atoms with Crippen LogP contribution >= 0.6 is 11.3 Å². The predicted octanol–water partition coefficient (Wildman–Crippen LogP) is 1.97. The summed E-state index contributed by atoms with van der Waals surface area (Å²) in [6.07, 6.45) is 0. The number of thiophene rings is 1. The molecule has 0 saturated carbocycles. The minimum atomic E-state index is -3.84. The Hall–Kier alpha value is -3.10. The van der Waals surface area contributed by atoms with Crippen LogP contribution in [0.2, 0.25) is 0 Å². The highest BCUT2D eigenvalue weighted by Crippen LogP contribution is 2.23. The molecule has 0 spiro atoms. The molecular formula is C21H22N4O6S3. The van der Waals surface area contributed by atoms with Crippen molar-refractivity contribution in [3.05, 3.63) is 77.2 Å². The number of nitrogens with one attached hydrogen (secondary N) is 3. The molecule has 0 aliphatic heterocycles. The number of aliphatic hydroxyl groups is 1. The second-order valence-electron chi connectivity index (χ2n) is 6.87. The van der Waals surface area contributed by atoms with Gasteiger partial charge in [0, 0.05) is 6.54 Å². The van der Waals surface area contributed by atoms with Crippen LogP contribution in [0.15, 0.2) is 80.2 Å². The fraction of sp³-hybridized carbons (Fsp3) is 0.143. The second-order valence-corrected chi connectivity index (χ2v) is 11.5. The van der Waals surface area contributed by atoms with E-state index in [4.69, 9.17) is 5.11 Å². The van der Waals surface area contributed by atoms with Gasteiger partial charge in [0.1, 0.15) is 4.21 Å². The van der Waals surface area contributed by atoms with Gasteiger partial charge in [-0.25, -0.2) is 27.0 Å². The van der Waals surface area contributed by atoms with Crippen LogP contribution in [0.25, 0.3) is 0 Å². The zero-order valence-electron chi connectivity index (χ0n) is 17.9. The predicted molar refractivity (Wildman–Crippen MR) is 130 cm³/mol. The van der Waals surface area contributed by atoms with Gasteiger partial charge in [-0.3, -0.25) is 9.52 Å². The summed E-state index contributed by atoms with van der Waals surface area (Å²) in [4.78, 5) is 12.7. The lowest BCUT2D eigenvalue weighted by Gasteiger charge is -2.11. The molecule has 0 atom stereocenters. The molecule has 180 valence electrons. The number of sulfonamides is 2. The van der Waals surface area contributed by atoms with E-state index in [0.717, 1.165) is 11.3 Å². The number of carbonyl (C=O) groups excluding carboxylic acids is 1. The molecule has 1 amide bonds. The number of anilines is 1. The maximum atomic E-state index is 12.7. The first-order valence-corrected chi connectivity index (χ1v) is 13.7. The van der Waals surface area contributed by atoms with E-state index in [1.54, 1.807) is 30.5 Å². The van der Waals surface area contributed by atoms with Crippen LogP contribution in [0, 0.1) is 0 Å². The number of para-hydroxylation sites is 1. The zero-order chi connectivity index (χ0) is 24.8. The molecule has 3 rings (SSSR count). The third kappa shape index (κ3) is 6.27. The van der Waals surface area contributed by atoms with Gasteiger partial charge in [0.2, 0.25) is 10.0 Å². The Kier molecular flexibility index (Phi) is 8.17. The summed E-state index contributed by atoms with van der Waals surface area (Å²) in [5, 5.41) is 14.5. The molecule has 3 aromatic rings. The van der Waals surface area contributed by atoms with E-state index in [2.05, 4.69) is 20.0 Å². The Bertz CT molecular complexity index is 1380. The van der Waals surface area contributed by atoms with Crippen molar-refractivity contribution < 1.29 is 26.7 Å². The topological polar surface area (TPSA) is 154 Å². The number of amides is 1. The lowest BCUT2D eigenvalue weighted by Crippen LogP contribution is -2.26. The Labute approximate surface area is 201 Å². The van der Waals surface area contributed by atoms with Crippen LogP contribution in [-0.4, -0.2) is 46.7 Å². The minimum absolute atomic E-state index is 0.0217. The molecule has 0 aliphatic rings. The lowest BCUT2D eigenvalue weighted by atomic mass is 10.1. The number of rotatable bonds is 10. The van der Waals surface area contributed by atoms with E-state index in [-0.39, 0.29) is 33.5 Å². The zero-order valence-corrected chi connectivity index (χ0v) is 20.4. The highest BCUT2D eigenvalue weighted by atomic mass is 32.2. The van der Waals surface area contributed by atoms with Crippen LogP contribution in [-0.2, 0) is 20.0 Å². The lowest BCUT2D eigenvalue weighted by molar-refractivity contribution is 0.0955. The van der Waals surface area contributed by atoms with E-state index >= 15 is 0 Å². The van der Waals surface area contributed by atoms with Crippen molar-refractivity contribution in [3.8, 4) is 0 Å². The van der Waals surface area contributed by atoms with Crippen LogP contribution in [0.1, 0.15) is 22.8 Å². The quantitative estimate of drug-likeness (QED) is 0.236.